The summed E-state index contributed by atoms with van der Waals surface area (Å²) in [5, 5.41) is 18.3. The Hall–Kier alpha value is -2.03. The number of hydrogen-bond donors (Lipinski definition) is 2. The number of phenolic OH excluding ortho intramolecular Hbond substituents is 1. The topological polar surface area (TPSA) is 53.4 Å². The summed E-state index contributed by atoms with van der Waals surface area (Å²) in [6.45, 7) is 0. The zero-order valence-corrected chi connectivity index (χ0v) is 8.09. The minimum Gasteiger partial charge on any atom is -0.508 e. The molecule has 3 heteroatoms. The molecule has 0 spiro atoms. The Kier molecular flexibility index (Phi) is 2.54. The van der Waals surface area contributed by atoms with Crippen LogP contribution in [0.25, 0.3) is 0 Å². The zero-order valence-electron chi connectivity index (χ0n) is 8.09. The molecule has 0 aliphatic rings. The predicted octanol–water partition coefficient (Wildman–Crippen LogP) is 2.08. The molecule has 2 aromatic rings. The van der Waals surface area contributed by atoms with Crippen molar-refractivity contribution >= 4 is 0 Å². The second kappa shape index (κ2) is 4.00. The summed E-state index contributed by atoms with van der Waals surface area (Å²) in [6, 6.07) is 8.66. The van der Waals surface area contributed by atoms with Crippen molar-refractivity contribution < 1.29 is 10.2 Å². The van der Waals surface area contributed by atoms with Crippen molar-refractivity contribution in [3.8, 4) is 11.5 Å². The molecular weight excluding hydrogens is 190 g/mol. The number of aromatic hydroxyl groups is 2. The summed E-state index contributed by atoms with van der Waals surface area (Å²) in [7, 11) is 0. The van der Waals surface area contributed by atoms with Crippen LogP contribution in [0.4, 0.5) is 0 Å². The SMILES string of the molecule is Oc1ccc(Cc2cncc(O)c2)cc1. The third kappa shape index (κ3) is 2.47. The number of nitrogens with zero attached hydrogens (tertiary/aromatic N) is 1. The normalized spacial score (nSPS) is 10.1. The fourth-order valence-corrected chi connectivity index (χ4v) is 1.42. The average Bonchev–Trinajstić information content (AvgIpc) is 2.22. The van der Waals surface area contributed by atoms with Crippen LogP contribution in [0.3, 0.4) is 0 Å². The lowest BCUT2D eigenvalue weighted by atomic mass is 10.1. The molecule has 1 aromatic heterocycles. The Morgan fingerprint density at radius 2 is 1.60 bits per heavy atom. The lowest BCUT2D eigenvalue weighted by Crippen LogP contribution is -1.88. The number of aromatic nitrogens is 1. The van der Waals surface area contributed by atoms with Gasteiger partial charge in [0.1, 0.15) is 11.5 Å². The van der Waals surface area contributed by atoms with Crippen molar-refractivity contribution in [1.82, 2.24) is 4.98 Å². The van der Waals surface area contributed by atoms with E-state index >= 15 is 0 Å². The van der Waals surface area contributed by atoms with Crippen molar-refractivity contribution in [2.75, 3.05) is 0 Å². The Morgan fingerprint density at radius 1 is 0.867 bits per heavy atom. The number of benzene rings is 1. The molecule has 0 unspecified atom stereocenters. The largest absolute Gasteiger partial charge is 0.508 e. The van der Waals surface area contributed by atoms with Crippen molar-refractivity contribution in [2.24, 2.45) is 0 Å². The third-order valence-electron chi connectivity index (χ3n) is 2.13. The monoisotopic (exact) mass is 201 g/mol. The first-order valence-corrected chi connectivity index (χ1v) is 4.65. The highest BCUT2D eigenvalue weighted by Gasteiger charge is 1.98. The summed E-state index contributed by atoms with van der Waals surface area (Å²) in [6.07, 6.45) is 3.81. The van der Waals surface area contributed by atoms with Crippen LogP contribution in [0.2, 0.25) is 0 Å². The molecule has 3 nitrogen and oxygen atoms in total. The van der Waals surface area contributed by atoms with Gasteiger partial charge >= 0.3 is 0 Å². The lowest BCUT2D eigenvalue weighted by Gasteiger charge is -2.02. The highest BCUT2D eigenvalue weighted by atomic mass is 16.3. The van der Waals surface area contributed by atoms with Crippen LogP contribution in [0.5, 0.6) is 11.5 Å². The fourth-order valence-electron chi connectivity index (χ4n) is 1.42. The van der Waals surface area contributed by atoms with Gasteiger partial charge in [0.15, 0.2) is 0 Å². The van der Waals surface area contributed by atoms with Crippen LogP contribution < -0.4 is 0 Å². The molecule has 1 aromatic carbocycles. The van der Waals surface area contributed by atoms with Gasteiger partial charge in [0.05, 0.1) is 6.20 Å². The van der Waals surface area contributed by atoms with Gasteiger partial charge < -0.3 is 10.2 Å². The van der Waals surface area contributed by atoms with E-state index in [0.717, 1.165) is 11.1 Å². The highest BCUT2D eigenvalue weighted by molar-refractivity contribution is 5.31. The molecule has 0 atom stereocenters. The van der Waals surface area contributed by atoms with Crippen LogP contribution in [0.1, 0.15) is 11.1 Å². The minimum absolute atomic E-state index is 0.172. The molecule has 0 saturated carbocycles. The molecule has 2 N–H and O–H groups in total. The summed E-state index contributed by atoms with van der Waals surface area (Å²) in [5.74, 6) is 0.430. The van der Waals surface area contributed by atoms with Gasteiger partial charge in [0.2, 0.25) is 0 Å². The van der Waals surface area contributed by atoms with Gasteiger partial charge in [-0.15, -0.1) is 0 Å². The number of rotatable bonds is 2. The van der Waals surface area contributed by atoms with E-state index < -0.39 is 0 Å². The first kappa shape index (κ1) is 9.52. The van der Waals surface area contributed by atoms with Crippen molar-refractivity contribution in [2.45, 2.75) is 6.42 Å². The smallest absolute Gasteiger partial charge is 0.134 e. The second-order valence-corrected chi connectivity index (χ2v) is 3.39. The van der Waals surface area contributed by atoms with Gasteiger partial charge in [-0.05, 0) is 35.7 Å². The third-order valence-corrected chi connectivity index (χ3v) is 2.13. The van der Waals surface area contributed by atoms with Crippen LogP contribution in [0, 0.1) is 0 Å². The molecule has 0 fully saturated rings. The molecule has 76 valence electrons. The average molecular weight is 201 g/mol. The van der Waals surface area contributed by atoms with E-state index in [1.807, 2.05) is 12.1 Å². The van der Waals surface area contributed by atoms with Crippen LogP contribution in [-0.4, -0.2) is 15.2 Å². The van der Waals surface area contributed by atoms with E-state index in [1.54, 1.807) is 24.4 Å². The minimum atomic E-state index is 0.172. The van der Waals surface area contributed by atoms with Crippen LogP contribution in [0.15, 0.2) is 42.7 Å². The van der Waals surface area contributed by atoms with E-state index in [4.69, 9.17) is 5.11 Å². The van der Waals surface area contributed by atoms with Gasteiger partial charge in [-0.3, -0.25) is 4.98 Å². The summed E-state index contributed by atoms with van der Waals surface area (Å²) < 4.78 is 0. The molecule has 2 rings (SSSR count). The molecular formula is C12H11NO2. The predicted molar refractivity (Wildman–Crippen MR) is 56.8 cm³/mol. The van der Waals surface area contributed by atoms with Gasteiger partial charge in [-0.25, -0.2) is 0 Å². The maximum absolute atomic E-state index is 9.23. The lowest BCUT2D eigenvalue weighted by molar-refractivity contribution is 0.471. The van der Waals surface area contributed by atoms with E-state index in [9.17, 15) is 5.11 Å². The Balaban J connectivity index is 2.18. The number of phenols is 1. The van der Waals surface area contributed by atoms with Crippen molar-refractivity contribution in [1.29, 1.82) is 0 Å². The first-order chi connectivity index (χ1) is 7.24. The maximum atomic E-state index is 9.23. The Labute approximate surface area is 87.7 Å². The molecule has 0 radical (unpaired) electrons. The molecule has 15 heavy (non-hydrogen) atoms. The molecule has 0 aliphatic heterocycles. The molecule has 1 heterocycles. The maximum Gasteiger partial charge on any atom is 0.134 e. The fraction of sp³-hybridized carbons (Fsp3) is 0.0833. The van der Waals surface area contributed by atoms with E-state index in [0.29, 0.717) is 6.42 Å². The highest BCUT2D eigenvalue weighted by Crippen LogP contribution is 2.15. The number of pyridine rings is 1. The van der Waals surface area contributed by atoms with E-state index in [1.165, 1.54) is 6.20 Å². The second-order valence-electron chi connectivity index (χ2n) is 3.39. The standard InChI is InChI=1S/C12H11NO2/c14-11-3-1-9(2-4-11)5-10-6-12(15)8-13-7-10/h1-4,6-8,14-15H,5H2. The van der Waals surface area contributed by atoms with Crippen molar-refractivity contribution in [3.05, 3.63) is 53.9 Å². The first-order valence-electron chi connectivity index (χ1n) is 4.65. The molecule has 0 amide bonds. The van der Waals surface area contributed by atoms with Gasteiger partial charge in [0, 0.05) is 6.20 Å². The van der Waals surface area contributed by atoms with Gasteiger partial charge in [-0.1, -0.05) is 12.1 Å². The summed E-state index contributed by atoms with van der Waals surface area (Å²) in [4.78, 5) is 3.90. The Morgan fingerprint density at radius 3 is 2.27 bits per heavy atom. The summed E-state index contributed by atoms with van der Waals surface area (Å²) >= 11 is 0. The van der Waals surface area contributed by atoms with Crippen LogP contribution >= 0.6 is 0 Å². The van der Waals surface area contributed by atoms with E-state index in [2.05, 4.69) is 4.98 Å². The molecule has 0 aliphatic carbocycles. The van der Waals surface area contributed by atoms with Crippen LogP contribution in [-0.2, 0) is 6.42 Å². The quantitative estimate of drug-likeness (QED) is 0.782. The van der Waals surface area contributed by atoms with Gasteiger partial charge in [-0.2, -0.15) is 0 Å². The molecule has 0 bridgehead atoms. The summed E-state index contributed by atoms with van der Waals surface area (Å²) in [5.41, 5.74) is 2.01. The van der Waals surface area contributed by atoms with Crippen molar-refractivity contribution in [3.63, 3.8) is 0 Å². The number of hydrogen-bond acceptors (Lipinski definition) is 3. The van der Waals surface area contributed by atoms with E-state index in [-0.39, 0.29) is 11.5 Å². The zero-order chi connectivity index (χ0) is 10.7. The molecule has 0 saturated heterocycles. The Bertz CT molecular complexity index is 451. The van der Waals surface area contributed by atoms with Gasteiger partial charge in [0.25, 0.3) is 0 Å².